The van der Waals surface area contributed by atoms with Crippen molar-refractivity contribution in [3.63, 3.8) is 0 Å². The van der Waals surface area contributed by atoms with Crippen LogP contribution in [0.5, 0.6) is 0 Å². The molecule has 1 aliphatic heterocycles. The Labute approximate surface area is 295 Å². The Morgan fingerprint density at radius 3 is 2.12 bits per heavy atom. The van der Waals surface area contributed by atoms with Crippen molar-refractivity contribution in [2.45, 2.75) is 83.1 Å². The predicted molar refractivity (Wildman–Crippen MR) is 193 cm³/mol. The maximum atomic E-state index is 12.4. The van der Waals surface area contributed by atoms with E-state index in [1.807, 2.05) is 42.5 Å². The standard InChI is InChI=1S/C41H49N3O6/c1-44(27-30-10-5-4-6-11-30)28-37-25-38(34-18-16-31(29-45)17-19-34)50-41(49-37)35-22-20-33(21-23-35)36-13-9-12-32(24-36)26-42-39(46)14-7-2-3-8-15-40(47)43-48/h4-6,9-13,16-24,37-38,41,45,48H,2-3,7-8,14-15,25-29H2,1H3,(H,42,46)(H,43,47)/t37-,38+,41+/m0/s1. The summed E-state index contributed by atoms with van der Waals surface area (Å²) in [5, 5.41) is 21.1. The van der Waals surface area contributed by atoms with Crippen LogP contribution < -0.4 is 10.8 Å². The normalized spacial score (nSPS) is 17.4. The maximum absolute atomic E-state index is 12.4. The molecule has 1 heterocycles. The monoisotopic (exact) mass is 679 g/mol. The number of aliphatic hydroxyl groups excluding tert-OH is 1. The Hall–Kier alpha value is -4.38. The van der Waals surface area contributed by atoms with Gasteiger partial charge in [-0.05, 0) is 59.3 Å². The average molecular weight is 680 g/mol. The van der Waals surface area contributed by atoms with Gasteiger partial charge in [-0.15, -0.1) is 0 Å². The molecule has 0 bridgehead atoms. The molecule has 4 N–H and O–H groups in total. The van der Waals surface area contributed by atoms with E-state index >= 15 is 0 Å². The van der Waals surface area contributed by atoms with Crippen LogP contribution in [0, 0.1) is 0 Å². The van der Waals surface area contributed by atoms with Gasteiger partial charge in [-0.2, -0.15) is 0 Å². The van der Waals surface area contributed by atoms with Crippen LogP contribution in [0.3, 0.4) is 0 Å². The first kappa shape index (κ1) is 36.9. The van der Waals surface area contributed by atoms with E-state index in [1.54, 1.807) is 5.48 Å². The minimum absolute atomic E-state index is 0.00611. The Bertz CT molecular complexity index is 1630. The van der Waals surface area contributed by atoms with Crippen LogP contribution >= 0.6 is 0 Å². The summed E-state index contributed by atoms with van der Waals surface area (Å²) in [5.74, 6) is -0.372. The van der Waals surface area contributed by atoms with Crippen molar-refractivity contribution in [1.29, 1.82) is 0 Å². The van der Waals surface area contributed by atoms with Crippen molar-refractivity contribution in [1.82, 2.24) is 15.7 Å². The van der Waals surface area contributed by atoms with Crippen LogP contribution in [0.4, 0.5) is 0 Å². The molecule has 4 aromatic carbocycles. The van der Waals surface area contributed by atoms with E-state index < -0.39 is 6.29 Å². The largest absolute Gasteiger partial charge is 0.392 e. The molecule has 264 valence electrons. The molecule has 1 fully saturated rings. The van der Waals surface area contributed by atoms with Crippen molar-refractivity contribution in [2.75, 3.05) is 13.6 Å². The van der Waals surface area contributed by atoms with Gasteiger partial charge in [0.1, 0.15) is 0 Å². The molecule has 9 nitrogen and oxygen atoms in total. The second kappa shape index (κ2) is 19.1. The van der Waals surface area contributed by atoms with E-state index in [0.717, 1.165) is 72.2 Å². The number of aliphatic hydroxyl groups is 1. The van der Waals surface area contributed by atoms with Gasteiger partial charge in [-0.3, -0.25) is 19.7 Å². The minimum atomic E-state index is -0.531. The summed E-state index contributed by atoms with van der Waals surface area (Å²) in [5.41, 5.74) is 8.91. The second-order valence-electron chi connectivity index (χ2n) is 13.1. The van der Waals surface area contributed by atoms with Crippen molar-refractivity contribution in [3.05, 3.63) is 131 Å². The van der Waals surface area contributed by atoms with Crippen LogP contribution in [0.15, 0.2) is 103 Å². The lowest BCUT2D eigenvalue weighted by molar-refractivity contribution is -0.252. The van der Waals surface area contributed by atoms with Gasteiger partial charge in [0.25, 0.3) is 0 Å². The molecule has 50 heavy (non-hydrogen) atoms. The molecule has 5 rings (SSSR count). The highest BCUT2D eigenvalue weighted by Crippen LogP contribution is 2.38. The number of likely N-dealkylation sites (N-methyl/N-ethyl adjacent to an activating group) is 1. The number of hydroxylamine groups is 1. The van der Waals surface area contributed by atoms with Gasteiger partial charge in [0.15, 0.2) is 6.29 Å². The van der Waals surface area contributed by atoms with Crippen molar-refractivity contribution < 1.29 is 29.4 Å². The molecule has 4 aromatic rings. The van der Waals surface area contributed by atoms with Gasteiger partial charge in [-0.25, -0.2) is 5.48 Å². The summed E-state index contributed by atoms with van der Waals surface area (Å²) in [6.45, 7) is 2.04. The lowest BCUT2D eigenvalue weighted by Gasteiger charge is -2.38. The maximum Gasteiger partial charge on any atom is 0.243 e. The molecule has 1 saturated heterocycles. The lowest BCUT2D eigenvalue weighted by atomic mass is 9.99. The fourth-order valence-electron chi connectivity index (χ4n) is 6.30. The number of hydrogen-bond acceptors (Lipinski definition) is 7. The summed E-state index contributed by atoms with van der Waals surface area (Å²) >= 11 is 0. The van der Waals surface area contributed by atoms with Crippen molar-refractivity contribution >= 4 is 11.8 Å². The highest BCUT2D eigenvalue weighted by Gasteiger charge is 2.32. The molecule has 1 aliphatic rings. The van der Waals surface area contributed by atoms with E-state index in [-0.39, 0.29) is 30.6 Å². The molecule has 3 atom stereocenters. The average Bonchev–Trinajstić information content (AvgIpc) is 3.15. The van der Waals surface area contributed by atoms with E-state index in [0.29, 0.717) is 25.8 Å². The van der Waals surface area contributed by atoms with E-state index in [4.69, 9.17) is 14.7 Å². The van der Waals surface area contributed by atoms with Gasteiger partial charge >= 0.3 is 0 Å². The molecular weight excluding hydrogens is 630 g/mol. The first-order valence-corrected chi connectivity index (χ1v) is 17.5. The summed E-state index contributed by atoms with van der Waals surface area (Å²) in [6.07, 6.45) is 3.88. The number of carbonyl (C=O) groups excluding carboxylic acids is 2. The third-order valence-corrected chi connectivity index (χ3v) is 9.04. The van der Waals surface area contributed by atoms with Gasteiger partial charge in [0.05, 0.1) is 18.8 Å². The number of amides is 2. The zero-order valence-electron chi connectivity index (χ0n) is 28.8. The number of rotatable bonds is 17. The highest BCUT2D eigenvalue weighted by molar-refractivity contribution is 5.76. The van der Waals surface area contributed by atoms with Gasteiger partial charge in [0, 0.05) is 44.5 Å². The SMILES string of the molecule is CN(Cc1ccccc1)C[C@@H]1C[C@H](c2ccc(CO)cc2)O[C@H](c2ccc(-c3cccc(CNC(=O)CCCCCCC(=O)NO)c3)cc2)O1. The Morgan fingerprint density at radius 1 is 0.740 bits per heavy atom. The van der Waals surface area contributed by atoms with Gasteiger partial charge in [-0.1, -0.05) is 110 Å². The van der Waals surface area contributed by atoms with Crippen LogP contribution in [0.25, 0.3) is 11.1 Å². The summed E-state index contributed by atoms with van der Waals surface area (Å²) in [4.78, 5) is 25.8. The molecular formula is C41H49N3O6. The third-order valence-electron chi connectivity index (χ3n) is 9.04. The van der Waals surface area contributed by atoms with E-state index in [9.17, 15) is 14.7 Å². The van der Waals surface area contributed by atoms with Crippen LogP contribution in [0.1, 0.15) is 85.2 Å². The number of nitrogens with zero attached hydrogens (tertiary/aromatic N) is 1. The predicted octanol–water partition coefficient (Wildman–Crippen LogP) is 6.99. The quantitative estimate of drug-likeness (QED) is 0.0540. The zero-order chi connectivity index (χ0) is 35.1. The minimum Gasteiger partial charge on any atom is -0.392 e. The zero-order valence-corrected chi connectivity index (χ0v) is 28.8. The number of benzene rings is 4. The first-order chi connectivity index (χ1) is 24.4. The number of unbranched alkanes of at least 4 members (excludes halogenated alkanes) is 3. The van der Waals surface area contributed by atoms with Crippen molar-refractivity contribution in [3.8, 4) is 11.1 Å². The number of nitrogens with one attached hydrogen (secondary N) is 2. The number of ether oxygens (including phenoxy) is 2. The Morgan fingerprint density at radius 2 is 1.42 bits per heavy atom. The van der Waals surface area contributed by atoms with Crippen LogP contribution in [-0.4, -0.2) is 46.7 Å². The lowest BCUT2D eigenvalue weighted by Crippen LogP contribution is -2.37. The second-order valence-corrected chi connectivity index (χ2v) is 13.1. The fourth-order valence-corrected chi connectivity index (χ4v) is 6.30. The summed E-state index contributed by atoms with van der Waals surface area (Å²) in [6, 6.07) is 34.9. The molecule has 9 heteroatoms. The molecule has 0 saturated carbocycles. The fraction of sp³-hybridized carbons (Fsp3) is 0.366. The summed E-state index contributed by atoms with van der Waals surface area (Å²) in [7, 11) is 2.12. The summed E-state index contributed by atoms with van der Waals surface area (Å²) < 4.78 is 13.2. The van der Waals surface area contributed by atoms with Crippen LogP contribution in [-0.2, 0) is 38.8 Å². The third kappa shape index (κ3) is 11.3. The Balaban J connectivity index is 1.19. The smallest absolute Gasteiger partial charge is 0.243 e. The number of hydrogen-bond donors (Lipinski definition) is 4. The molecule has 0 radical (unpaired) electrons. The first-order valence-electron chi connectivity index (χ1n) is 17.5. The molecule has 0 spiro atoms. The molecule has 0 aliphatic carbocycles. The topological polar surface area (TPSA) is 120 Å². The van der Waals surface area contributed by atoms with E-state index in [2.05, 4.69) is 77.9 Å². The van der Waals surface area contributed by atoms with Crippen molar-refractivity contribution in [2.24, 2.45) is 0 Å². The molecule has 0 aromatic heterocycles. The highest BCUT2D eigenvalue weighted by atomic mass is 16.7. The molecule has 2 amide bonds. The van der Waals surface area contributed by atoms with Gasteiger partial charge < -0.3 is 19.9 Å². The van der Waals surface area contributed by atoms with Gasteiger partial charge in [0.2, 0.25) is 11.8 Å². The Kier molecular flexibility index (Phi) is 14.1. The number of carbonyl (C=O) groups is 2. The molecule has 0 unspecified atom stereocenters. The van der Waals surface area contributed by atoms with Crippen LogP contribution in [0.2, 0.25) is 0 Å². The van der Waals surface area contributed by atoms with E-state index in [1.165, 1.54) is 5.56 Å².